The molecule has 0 aliphatic heterocycles. The summed E-state index contributed by atoms with van der Waals surface area (Å²) in [5.41, 5.74) is 1.61. The van der Waals surface area contributed by atoms with E-state index in [1.54, 1.807) is 19.2 Å². The number of ether oxygens (including phenoxy) is 1. The molecule has 3 nitrogen and oxygen atoms in total. The van der Waals surface area contributed by atoms with Gasteiger partial charge in [0.2, 0.25) is 0 Å². The zero-order valence-corrected chi connectivity index (χ0v) is 15.8. The lowest BCUT2D eigenvalue weighted by Gasteiger charge is -2.20. The minimum Gasteiger partial charge on any atom is -0.495 e. The third-order valence-electron chi connectivity index (χ3n) is 2.93. The number of rotatable bonds is 2. The second kappa shape index (κ2) is 6.26. The Morgan fingerprint density at radius 2 is 1.81 bits per heavy atom. The summed E-state index contributed by atoms with van der Waals surface area (Å²) in [6, 6.07) is 5.45. The molecule has 0 saturated heterocycles. The van der Waals surface area contributed by atoms with Crippen molar-refractivity contribution in [2.75, 3.05) is 7.11 Å². The van der Waals surface area contributed by atoms with Crippen LogP contribution in [0.3, 0.4) is 0 Å². The molecule has 0 N–H and O–H groups in total. The van der Waals surface area contributed by atoms with Gasteiger partial charge in [0.05, 0.1) is 21.4 Å². The second-order valence-electron chi connectivity index (χ2n) is 5.60. The van der Waals surface area contributed by atoms with E-state index in [-0.39, 0.29) is 5.41 Å². The molecule has 1 aromatic carbocycles. The third-order valence-corrected chi connectivity index (χ3v) is 4.84. The Bertz CT molecular complexity index is 684. The van der Waals surface area contributed by atoms with Gasteiger partial charge >= 0.3 is 0 Å². The summed E-state index contributed by atoms with van der Waals surface area (Å²) < 4.78 is 6.04. The van der Waals surface area contributed by atoms with Crippen LogP contribution in [-0.4, -0.2) is 17.1 Å². The van der Waals surface area contributed by atoms with Crippen molar-refractivity contribution < 1.29 is 4.74 Å². The third kappa shape index (κ3) is 3.60. The molecule has 0 bridgehead atoms. The lowest BCUT2D eigenvalue weighted by atomic mass is 9.92. The smallest absolute Gasteiger partial charge is 0.161 e. The average molecular weight is 437 g/mol. The quantitative estimate of drug-likeness (QED) is 0.469. The van der Waals surface area contributed by atoms with Gasteiger partial charge in [0, 0.05) is 11.0 Å². The van der Waals surface area contributed by atoms with Gasteiger partial charge in [0.1, 0.15) is 10.9 Å². The minimum atomic E-state index is -0.117. The van der Waals surface area contributed by atoms with Gasteiger partial charge in [-0.25, -0.2) is 9.97 Å². The molecule has 0 aliphatic rings. The Hall–Kier alpha value is -0.590. The van der Waals surface area contributed by atoms with Crippen molar-refractivity contribution in [1.82, 2.24) is 9.97 Å². The Balaban J connectivity index is 2.60. The number of hydrogen-bond acceptors (Lipinski definition) is 3. The van der Waals surface area contributed by atoms with Crippen LogP contribution >= 0.6 is 45.8 Å². The van der Waals surface area contributed by atoms with E-state index in [1.165, 1.54) is 0 Å². The molecule has 0 unspecified atom stereocenters. The predicted octanol–water partition coefficient (Wildman–Crippen LogP) is 5.36. The fourth-order valence-corrected chi connectivity index (χ4v) is 3.33. The molecule has 0 spiro atoms. The number of methoxy groups -OCH3 is 1. The number of benzene rings is 1. The van der Waals surface area contributed by atoms with Gasteiger partial charge in [-0.15, -0.1) is 0 Å². The molecular weight excluding hydrogens is 422 g/mol. The van der Waals surface area contributed by atoms with Gasteiger partial charge in [-0.1, -0.05) is 44.0 Å². The molecule has 6 heteroatoms. The number of aromatic nitrogens is 2. The molecule has 0 amide bonds. The Labute approximate surface area is 148 Å². The van der Waals surface area contributed by atoms with E-state index in [0.29, 0.717) is 21.7 Å². The molecule has 1 heterocycles. The van der Waals surface area contributed by atoms with Crippen LogP contribution in [0.4, 0.5) is 0 Å². The zero-order valence-electron chi connectivity index (χ0n) is 12.2. The molecule has 2 aromatic rings. The molecule has 0 saturated carbocycles. The Morgan fingerprint density at radius 3 is 2.33 bits per heavy atom. The first-order valence-corrected chi connectivity index (χ1v) is 8.15. The fourth-order valence-electron chi connectivity index (χ4n) is 1.85. The molecule has 1 aromatic heterocycles. The number of hydrogen-bond donors (Lipinski definition) is 0. The maximum absolute atomic E-state index is 6.26. The molecule has 0 atom stereocenters. The lowest BCUT2D eigenvalue weighted by molar-refractivity contribution is 0.415. The summed E-state index contributed by atoms with van der Waals surface area (Å²) in [5.74, 6) is 1.18. The van der Waals surface area contributed by atoms with Crippen molar-refractivity contribution in [2.24, 2.45) is 0 Å². The molecule has 0 aliphatic carbocycles. The maximum Gasteiger partial charge on any atom is 0.161 e. The highest BCUT2D eigenvalue weighted by molar-refractivity contribution is 14.1. The van der Waals surface area contributed by atoms with Crippen LogP contribution in [0, 0.1) is 3.57 Å². The molecule has 0 radical (unpaired) electrons. The van der Waals surface area contributed by atoms with E-state index in [1.807, 2.05) is 6.07 Å². The summed E-state index contributed by atoms with van der Waals surface area (Å²) in [4.78, 5) is 9.03. The lowest BCUT2D eigenvalue weighted by Crippen LogP contribution is -2.17. The maximum atomic E-state index is 6.26. The van der Waals surface area contributed by atoms with Crippen molar-refractivity contribution in [1.29, 1.82) is 0 Å². The van der Waals surface area contributed by atoms with Crippen LogP contribution in [0.15, 0.2) is 18.2 Å². The fraction of sp³-hybridized carbons (Fsp3) is 0.333. The van der Waals surface area contributed by atoms with E-state index in [4.69, 9.17) is 27.9 Å². The second-order valence-corrected chi connectivity index (χ2v) is 7.44. The molecular formula is C15H15Cl2IN2O. The van der Waals surface area contributed by atoms with Crippen molar-refractivity contribution >= 4 is 45.8 Å². The highest BCUT2D eigenvalue weighted by Crippen LogP contribution is 2.33. The van der Waals surface area contributed by atoms with E-state index in [2.05, 4.69) is 53.3 Å². The van der Waals surface area contributed by atoms with Crippen molar-refractivity contribution in [3.63, 3.8) is 0 Å². The van der Waals surface area contributed by atoms with Crippen LogP contribution < -0.4 is 4.74 Å². The minimum absolute atomic E-state index is 0.117. The number of halogens is 3. The molecule has 21 heavy (non-hydrogen) atoms. The molecule has 112 valence electrons. The standard InChI is InChI=1S/C15H15Cl2IN2O/c1-15(2,3)12-11(18)13(17)20-14(19-12)8-5-6-10(21-4)9(16)7-8/h5-7H,1-4H3. The van der Waals surface area contributed by atoms with Gasteiger partial charge in [0.15, 0.2) is 5.82 Å². The van der Waals surface area contributed by atoms with Crippen molar-refractivity contribution in [2.45, 2.75) is 26.2 Å². The highest BCUT2D eigenvalue weighted by atomic mass is 127. The first-order valence-electron chi connectivity index (χ1n) is 6.31. The predicted molar refractivity (Wildman–Crippen MR) is 95.5 cm³/mol. The van der Waals surface area contributed by atoms with Crippen LogP contribution in [0.25, 0.3) is 11.4 Å². The van der Waals surface area contributed by atoms with Gasteiger partial charge in [-0.2, -0.15) is 0 Å². The Morgan fingerprint density at radius 1 is 1.14 bits per heavy atom. The normalized spacial score (nSPS) is 11.6. The molecule has 2 rings (SSSR count). The van der Waals surface area contributed by atoms with Crippen LogP contribution in [-0.2, 0) is 5.41 Å². The van der Waals surface area contributed by atoms with E-state index >= 15 is 0 Å². The topological polar surface area (TPSA) is 35.0 Å². The summed E-state index contributed by atoms with van der Waals surface area (Å²) in [6.07, 6.45) is 0. The van der Waals surface area contributed by atoms with Crippen LogP contribution in [0.1, 0.15) is 26.5 Å². The van der Waals surface area contributed by atoms with E-state index in [9.17, 15) is 0 Å². The first-order chi connectivity index (χ1) is 9.74. The molecule has 0 fully saturated rings. The van der Waals surface area contributed by atoms with Crippen LogP contribution in [0.5, 0.6) is 5.75 Å². The van der Waals surface area contributed by atoms with Crippen LogP contribution in [0.2, 0.25) is 10.2 Å². The van der Waals surface area contributed by atoms with Gasteiger partial charge < -0.3 is 4.74 Å². The van der Waals surface area contributed by atoms with Crippen molar-refractivity contribution in [3.8, 4) is 17.1 Å². The largest absolute Gasteiger partial charge is 0.495 e. The number of nitrogens with zero attached hydrogens (tertiary/aromatic N) is 2. The highest BCUT2D eigenvalue weighted by Gasteiger charge is 2.23. The summed E-state index contributed by atoms with van der Waals surface area (Å²) >= 11 is 14.6. The van der Waals surface area contributed by atoms with E-state index < -0.39 is 0 Å². The van der Waals surface area contributed by atoms with E-state index in [0.717, 1.165) is 14.8 Å². The average Bonchev–Trinajstić information content (AvgIpc) is 2.40. The SMILES string of the molecule is COc1ccc(-c2nc(Cl)c(I)c(C(C)(C)C)n2)cc1Cl. The van der Waals surface area contributed by atoms with Gasteiger partial charge in [-0.3, -0.25) is 0 Å². The zero-order chi connectivity index (χ0) is 15.8. The monoisotopic (exact) mass is 436 g/mol. The Kier molecular flexibility index (Phi) is 5.00. The summed E-state index contributed by atoms with van der Waals surface area (Å²) in [6.45, 7) is 6.29. The van der Waals surface area contributed by atoms with Crippen molar-refractivity contribution in [3.05, 3.63) is 37.6 Å². The summed E-state index contributed by atoms with van der Waals surface area (Å²) in [5, 5.41) is 0.975. The summed E-state index contributed by atoms with van der Waals surface area (Å²) in [7, 11) is 1.58. The van der Waals surface area contributed by atoms with Gasteiger partial charge in [-0.05, 0) is 40.8 Å². The first kappa shape index (κ1) is 16.8. The van der Waals surface area contributed by atoms with Gasteiger partial charge in [0.25, 0.3) is 0 Å².